The zero-order valence-electron chi connectivity index (χ0n) is 15.3. The maximum absolute atomic E-state index is 12.4. The number of furan rings is 1. The Balaban J connectivity index is 1.79. The Morgan fingerprint density at radius 1 is 1.14 bits per heavy atom. The summed E-state index contributed by atoms with van der Waals surface area (Å²) < 4.78 is 13.2. The summed E-state index contributed by atoms with van der Waals surface area (Å²) in [5.74, 6) is 1.58. The van der Waals surface area contributed by atoms with Crippen LogP contribution in [0.3, 0.4) is 0 Å². The highest BCUT2D eigenvalue weighted by Gasteiger charge is 2.37. The van der Waals surface area contributed by atoms with Crippen LogP contribution in [0.1, 0.15) is 31.1 Å². The zero-order valence-corrected chi connectivity index (χ0v) is 15.3. The highest BCUT2D eigenvalue weighted by molar-refractivity contribution is 5.97. The Labute approximate surface area is 160 Å². The molecule has 0 bridgehead atoms. The van der Waals surface area contributed by atoms with Gasteiger partial charge in [0.1, 0.15) is 17.8 Å². The summed E-state index contributed by atoms with van der Waals surface area (Å²) >= 11 is 0. The number of aromatic nitrogens is 4. The fourth-order valence-corrected chi connectivity index (χ4v) is 3.64. The third kappa shape index (κ3) is 2.44. The summed E-state index contributed by atoms with van der Waals surface area (Å²) in [6.45, 7) is 3.29. The van der Waals surface area contributed by atoms with E-state index in [1.807, 2.05) is 36.4 Å². The Morgan fingerprint density at radius 2 is 1.96 bits per heavy atom. The molecule has 0 N–H and O–H groups in total. The number of allylic oxidation sites excluding steroid dienone is 2. The predicted octanol–water partition coefficient (Wildman–Crippen LogP) is 3.77. The van der Waals surface area contributed by atoms with E-state index in [2.05, 4.69) is 10.1 Å². The van der Waals surface area contributed by atoms with Gasteiger partial charge in [0.2, 0.25) is 5.88 Å². The van der Waals surface area contributed by atoms with Crippen molar-refractivity contribution >= 4 is 11.4 Å². The zero-order chi connectivity index (χ0) is 19.3. The number of benzene rings is 1. The Morgan fingerprint density at radius 3 is 2.68 bits per heavy atom. The van der Waals surface area contributed by atoms with E-state index in [-0.39, 0.29) is 5.78 Å². The smallest absolute Gasteiger partial charge is 0.228 e. The first kappa shape index (κ1) is 16.4. The minimum absolute atomic E-state index is 0.0886. The number of carbonyl (C=O) groups excluding carboxylic acids is 1. The first-order chi connectivity index (χ1) is 13.6. The molecule has 7 heteroatoms. The summed E-state index contributed by atoms with van der Waals surface area (Å²) in [5, 5.41) is 4.55. The van der Waals surface area contributed by atoms with E-state index in [4.69, 9.17) is 14.1 Å². The van der Waals surface area contributed by atoms with Crippen molar-refractivity contribution in [2.24, 2.45) is 0 Å². The predicted molar refractivity (Wildman–Crippen MR) is 101 cm³/mol. The molecule has 0 spiro atoms. The van der Waals surface area contributed by atoms with Crippen molar-refractivity contribution in [2.75, 3.05) is 0 Å². The van der Waals surface area contributed by atoms with Gasteiger partial charge in [-0.2, -0.15) is 0 Å². The molecule has 3 aromatic heterocycles. The van der Waals surface area contributed by atoms with Crippen LogP contribution in [0.25, 0.3) is 17.0 Å². The van der Waals surface area contributed by atoms with E-state index >= 15 is 0 Å². The molecule has 1 aromatic carbocycles. The quantitative estimate of drug-likeness (QED) is 0.544. The van der Waals surface area contributed by atoms with Crippen LogP contribution in [-0.2, 0) is 4.79 Å². The van der Waals surface area contributed by atoms with Crippen molar-refractivity contribution in [3.8, 4) is 17.3 Å². The fraction of sp³-hybridized carbons (Fsp3) is 0.143. The molecule has 7 nitrogen and oxygen atoms in total. The van der Waals surface area contributed by atoms with Gasteiger partial charge in [-0.15, -0.1) is 5.10 Å². The monoisotopic (exact) mass is 372 g/mol. The number of nitrogens with zero attached hydrogens (tertiary/aromatic N) is 4. The lowest BCUT2D eigenvalue weighted by molar-refractivity contribution is -0.114. The van der Waals surface area contributed by atoms with E-state index in [0.717, 1.165) is 5.56 Å². The van der Waals surface area contributed by atoms with Gasteiger partial charge in [0.25, 0.3) is 0 Å². The second-order valence-corrected chi connectivity index (χ2v) is 6.61. The molecule has 4 aromatic rings. The molecule has 1 aliphatic rings. The highest BCUT2D eigenvalue weighted by Crippen LogP contribution is 2.44. The standard InChI is InChI=1S/C21H16N4O3/c1-12(26)16-13(2)28-21-18(17(16)15-9-6-10-27-15)20-23-19(24-25(20)11-22-21)14-7-4-3-5-8-14/h3-11,17H,1-2H3/t17-/m0/s1. The summed E-state index contributed by atoms with van der Waals surface area (Å²) in [5.41, 5.74) is 2.67. The number of fused-ring (bicyclic) bond motifs is 3. The van der Waals surface area contributed by atoms with Crippen LogP contribution in [0.5, 0.6) is 5.88 Å². The van der Waals surface area contributed by atoms with Gasteiger partial charge in [0, 0.05) is 11.1 Å². The Kier molecular flexibility index (Phi) is 3.61. The molecule has 4 heterocycles. The molecular weight excluding hydrogens is 356 g/mol. The van der Waals surface area contributed by atoms with E-state index in [9.17, 15) is 4.79 Å². The number of hydrogen-bond acceptors (Lipinski definition) is 6. The topological polar surface area (TPSA) is 82.5 Å². The van der Waals surface area contributed by atoms with E-state index in [0.29, 0.717) is 40.0 Å². The second-order valence-electron chi connectivity index (χ2n) is 6.61. The van der Waals surface area contributed by atoms with Crippen molar-refractivity contribution in [1.82, 2.24) is 19.6 Å². The third-order valence-electron chi connectivity index (χ3n) is 4.83. The van der Waals surface area contributed by atoms with Crippen LogP contribution in [-0.4, -0.2) is 25.4 Å². The molecule has 138 valence electrons. The molecule has 0 saturated heterocycles. The molecule has 0 unspecified atom stereocenters. The minimum Gasteiger partial charge on any atom is -0.468 e. The Hall–Kier alpha value is -3.74. The van der Waals surface area contributed by atoms with Crippen LogP contribution in [0.15, 0.2) is 70.8 Å². The van der Waals surface area contributed by atoms with Crippen molar-refractivity contribution < 1.29 is 13.9 Å². The van der Waals surface area contributed by atoms with Gasteiger partial charge in [-0.05, 0) is 26.0 Å². The van der Waals surface area contributed by atoms with Gasteiger partial charge in [-0.1, -0.05) is 30.3 Å². The van der Waals surface area contributed by atoms with Crippen LogP contribution >= 0.6 is 0 Å². The fourth-order valence-electron chi connectivity index (χ4n) is 3.64. The lowest BCUT2D eigenvalue weighted by Crippen LogP contribution is -2.21. The molecular formula is C21H16N4O3. The van der Waals surface area contributed by atoms with Gasteiger partial charge in [-0.25, -0.2) is 14.5 Å². The first-order valence-corrected chi connectivity index (χ1v) is 8.87. The molecule has 0 saturated carbocycles. The summed E-state index contributed by atoms with van der Waals surface area (Å²) in [6, 6.07) is 13.3. The van der Waals surface area contributed by atoms with Gasteiger partial charge >= 0.3 is 0 Å². The second kappa shape index (κ2) is 6.16. The van der Waals surface area contributed by atoms with Crippen molar-refractivity contribution in [2.45, 2.75) is 19.8 Å². The largest absolute Gasteiger partial charge is 0.468 e. The van der Waals surface area contributed by atoms with Gasteiger partial charge in [0.05, 0.1) is 17.7 Å². The molecule has 28 heavy (non-hydrogen) atoms. The van der Waals surface area contributed by atoms with Gasteiger partial charge in [-0.3, -0.25) is 4.79 Å². The van der Waals surface area contributed by atoms with Gasteiger partial charge < -0.3 is 9.15 Å². The molecule has 0 radical (unpaired) electrons. The number of ether oxygens (including phenoxy) is 1. The van der Waals surface area contributed by atoms with Crippen LogP contribution in [0, 0.1) is 0 Å². The summed E-state index contributed by atoms with van der Waals surface area (Å²) in [7, 11) is 0. The Bertz CT molecular complexity index is 1220. The number of rotatable bonds is 3. The average Bonchev–Trinajstić information content (AvgIpc) is 3.37. The summed E-state index contributed by atoms with van der Waals surface area (Å²) in [6.07, 6.45) is 3.16. The summed E-state index contributed by atoms with van der Waals surface area (Å²) in [4.78, 5) is 21.6. The van der Waals surface area contributed by atoms with E-state index in [1.54, 1.807) is 30.1 Å². The number of ketones is 1. The number of hydrogen-bond donors (Lipinski definition) is 0. The number of Topliss-reactive ketones (excluding diaryl/α,β-unsaturated/α-hetero) is 1. The van der Waals surface area contributed by atoms with Crippen LogP contribution in [0.4, 0.5) is 0 Å². The lowest BCUT2D eigenvalue weighted by atomic mass is 9.85. The minimum atomic E-state index is -0.458. The van der Waals surface area contributed by atoms with Crippen molar-refractivity contribution in [3.05, 3.63) is 77.7 Å². The lowest BCUT2D eigenvalue weighted by Gasteiger charge is -2.26. The molecule has 1 aliphatic heterocycles. The highest BCUT2D eigenvalue weighted by atomic mass is 16.5. The molecule has 0 aliphatic carbocycles. The maximum Gasteiger partial charge on any atom is 0.228 e. The molecule has 0 amide bonds. The number of carbonyl (C=O) groups is 1. The van der Waals surface area contributed by atoms with Crippen molar-refractivity contribution in [3.63, 3.8) is 0 Å². The van der Waals surface area contributed by atoms with Gasteiger partial charge in [0.15, 0.2) is 17.3 Å². The first-order valence-electron chi connectivity index (χ1n) is 8.87. The van der Waals surface area contributed by atoms with Crippen LogP contribution in [0.2, 0.25) is 0 Å². The third-order valence-corrected chi connectivity index (χ3v) is 4.83. The molecule has 0 fully saturated rings. The van der Waals surface area contributed by atoms with Crippen LogP contribution < -0.4 is 4.74 Å². The molecule has 1 atom stereocenters. The van der Waals surface area contributed by atoms with Crippen molar-refractivity contribution in [1.29, 1.82) is 0 Å². The normalized spacial score (nSPS) is 16.1. The maximum atomic E-state index is 12.4. The van der Waals surface area contributed by atoms with E-state index in [1.165, 1.54) is 6.92 Å². The SMILES string of the molecule is CC(=O)C1=C(C)Oc2ncn3nc(-c4ccccc4)nc3c2[C@H]1c1ccco1. The molecule has 5 rings (SSSR count). The average molecular weight is 372 g/mol. The van der Waals surface area contributed by atoms with E-state index < -0.39 is 5.92 Å².